The number of aliphatic hydroxyl groups excluding tert-OH is 1. The molecule has 0 unspecified atom stereocenters. The van der Waals surface area contributed by atoms with Crippen LogP contribution >= 0.6 is 0 Å². The molecular formula is C19H27NO3. The van der Waals surface area contributed by atoms with Crippen molar-refractivity contribution in [1.82, 2.24) is 4.90 Å². The van der Waals surface area contributed by atoms with E-state index in [9.17, 15) is 9.90 Å². The molecule has 4 nitrogen and oxygen atoms in total. The van der Waals surface area contributed by atoms with Crippen LogP contribution in [0.3, 0.4) is 0 Å². The Morgan fingerprint density at radius 1 is 1.39 bits per heavy atom. The van der Waals surface area contributed by atoms with E-state index in [1.165, 1.54) is 0 Å². The van der Waals surface area contributed by atoms with Gasteiger partial charge < -0.3 is 14.7 Å². The molecule has 3 rings (SSSR count). The molecule has 0 aromatic heterocycles. The van der Waals surface area contributed by atoms with Crippen LogP contribution in [0.15, 0.2) is 24.3 Å². The molecule has 1 aliphatic heterocycles. The molecule has 1 aromatic rings. The zero-order valence-corrected chi connectivity index (χ0v) is 14.1. The number of carbonyl (C=O) groups is 1. The molecule has 0 radical (unpaired) electrons. The Labute approximate surface area is 138 Å². The summed E-state index contributed by atoms with van der Waals surface area (Å²) in [6.07, 6.45) is 4.57. The van der Waals surface area contributed by atoms with Crippen LogP contribution in [0, 0.1) is 5.92 Å². The van der Waals surface area contributed by atoms with Crippen molar-refractivity contribution in [3.8, 4) is 5.75 Å². The average molecular weight is 317 g/mol. The van der Waals surface area contributed by atoms with Crippen molar-refractivity contribution in [2.24, 2.45) is 5.92 Å². The number of nitrogens with zero attached hydrogens (tertiary/aromatic N) is 1. The first-order valence-corrected chi connectivity index (χ1v) is 8.69. The van der Waals surface area contributed by atoms with Gasteiger partial charge in [-0.05, 0) is 43.9 Å². The van der Waals surface area contributed by atoms with Gasteiger partial charge in [0.15, 0.2) is 0 Å². The van der Waals surface area contributed by atoms with E-state index in [4.69, 9.17) is 4.74 Å². The number of benzene rings is 1. The molecule has 0 spiro atoms. The second-order valence-electron chi connectivity index (χ2n) is 7.06. The highest BCUT2D eigenvalue weighted by Crippen LogP contribution is 2.44. The third-order valence-electron chi connectivity index (χ3n) is 5.68. The monoisotopic (exact) mass is 317 g/mol. The van der Waals surface area contributed by atoms with Crippen LogP contribution in [0.4, 0.5) is 0 Å². The van der Waals surface area contributed by atoms with E-state index in [1.54, 1.807) is 7.11 Å². The highest BCUT2D eigenvalue weighted by atomic mass is 16.5. The molecule has 2 atom stereocenters. The highest BCUT2D eigenvalue weighted by Gasteiger charge is 2.46. The fraction of sp³-hybridized carbons (Fsp3) is 0.632. The molecule has 1 saturated heterocycles. The molecule has 1 N–H and O–H groups in total. The van der Waals surface area contributed by atoms with E-state index in [0.717, 1.165) is 50.0 Å². The Balaban J connectivity index is 1.87. The Morgan fingerprint density at radius 2 is 2.13 bits per heavy atom. The zero-order chi connectivity index (χ0) is 16.4. The minimum Gasteiger partial charge on any atom is -0.497 e. The Hall–Kier alpha value is -1.55. The van der Waals surface area contributed by atoms with Crippen molar-refractivity contribution in [3.05, 3.63) is 29.8 Å². The number of methoxy groups -OCH3 is 1. The summed E-state index contributed by atoms with van der Waals surface area (Å²) in [5.41, 5.74) is 0.683. The van der Waals surface area contributed by atoms with Crippen LogP contribution < -0.4 is 4.74 Å². The minimum absolute atomic E-state index is 0.211. The van der Waals surface area contributed by atoms with Gasteiger partial charge in [-0.3, -0.25) is 4.79 Å². The van der Waals surface area contributed by atoms with Gasteiger partial charge >= 0.3 is 0 Å². The lowest BCUT2D eigenvalue weighted by atomic mass is 9.77. The van der Waals surface area contributed by atoms with Crippen molar-refractivity contribution in [1.29, 1.82) is 0 Å². The first-order chi connectivity index (χ1) is 11.1. The van der Waals surface area contributed by atoms with Gasteiger partial charge in [0.1, 0.15) is 5.75 Å². The van der Waals surface area contributed by atoms with Gasteiger partial charge in [0, 0.05) is 19.0 Å². The topological polar surface area (TPSA) is 49.8 Å². The van der Waals surface area contributed by atoms with Gasteiger partial charge in [0.2, 0.25) is 5.91 Å². The average Bonchev–Trinajstić information content (AvgIpc) is 3.24. The number of likely N-dealkylation sites (tertiary alicyclic amines) is 1. The lowest BCUT2D eigenvalue weighted by Gasteiger charge is -2.33. The van der Waals surface area contributed by atoms with Crippen molar-refractivity contribution < 1.29 is 14.6 Å². The molecule has 2 fully saturated rings. The summed E-state index contributed by atoms with van der Waals surface area (Å²) < 4.78 is 5.36. The van der Waals surface area contributed by atoms with Crippen molar-refractivity contribution >= 4 is 5.91 Å². The second-order valence-corrected chi connectivity index (χ2v) is 7.06. The number of hydrogen-bond acceptors (Lipinski definition) is 3. The van der Waals surface area contributed by atoms with E-state index in [0.29, 0.717) is 6.54 Å². The molecule has 0 bridgehead atoms. The number of amides is 1. The number of rotatable bonds is 4. The Morgan fingerprint density at radius 3 is 2.74 bits per heavy atom. The van der Waals surface area contributed by atoms with E-state index in [2.05, 4.69) is 6.07 Å². The lowest BCUT2D eigenvalue weighted by molar-refractivity contribution is -0.136. The molecule has 1 amide bonds. The van der Waals surface area contributed by atoms with E-state index in [1.807, 2.05) is 30.0 Å². The van der Waals surface area contributed by atoms with Crippen LogP contribution in [-0.4, -0.2) is 42.2 Å². The van der Waals surface area contributed by atoms with Crippen LogP contribution in [-0.2, 0) is 10.2 Å². The molecular weight excluding hydrogens is 290 g/mol. The maximum absolute atomic E-state index is 13.3. The molecule has 1 saturated carbocycles. The predicted molar refractivity (Wildman–Crippen MR) is 89.5 cm³/mol. The largest absolute Gasteiger partial charge is 0.497 e. The molecule has 126 valence electrons. The molecule has 1 aliphatic carbocycles. The normalized spacial score (nSPS) is 24.7. The smallest absolute Gasteiger partial charge is 0.233 e. The third kappa shape index (κ3) is 2.97. The number of ether oxygens (including phenoxy) is 1. The van der Waals surface area contributed by atoms with Crippen molar-refractivity contribution in [3.63, 3.8) is 0 Å². The minimum atomic E-state index is -0.401. The summed E-state index contributed by atoms with van der Waals surface area (Å²) >= 11 is 0. The zero-order valence-electron chi connectivity index (χ0n) is 14.1. The summed E-state index contributed by atoms with van der Waals surface area (Å²) in [6.45, 7) is 3.27. The van der Waals surface area contributed by atoms with Crippen LogP contribution in [0.2, 0.25) is 0 Å². The summed E-state index contributed by atoms with van der Waals surface area (Å²) in [6, 6.07) is 7.99. The maximum atomic E-state index is 13.3. The van der Waals surface area contributed by atoms with Gasteiger partial charge in [0.25, 0.3) is 0 Å². The summed E-state index contributed by atoms with van der Waals surface area (Å²) in [5.74, 6) is 1.26. The molecule has 23 heavy (non-hydrogen) atoms. The Kier molecular flexibility index (Phi) is 4.62. The van der Waals surface area contributed by atoms with Crippen molar-refractivity contribution in [2.45, 2.75) is 50.5 Å². The van der Waals surface area contributed by atoms with Gasteiger partial charge in [-0.25, -0.2) is 0 Å². The fourth-order valence-corrected chi connectivity index (χ4v) is 4.19. The maximum Gasteiger partial charge on any atom is 0.233 e. The van der Waals surface area contributed by atoms with Crippen LogP contribution in [0.5, 0.6) is 5.75 Å². The van der Waals surface area contributed by atoms with Gasteiger partial charge in [-0.1, -0.05) is 25.0 Å². The summed E-state index contributed by atoms with van der Waals surface area (Å²) in [4.78, 5) is 15.3. The summed E-state index contributed by atoms with van der Waals surface area (Å²) in [7, 11) is 1.66. The van der Waals surface area contributed by atoms with E-state index >= 15 is 0 Å². The highest BCUT2D eigenvalue weighted by molar-refractivity contribution is 5.89. The third-order valence-corrected chi connectivity index (χ3v) is 5.68. The number of hydrogen-bond donors (Lipinski definition) is 1. The van der Waals surface area contributed by atoms with Crippen LogP contribution in [0.25, 0.3) is 0 Å². The van der Waals surface area contributed by atoms with Crippen molar-refractivity contribution in [2.75, 3.05) is 20.2 Å². The molecule has 1 heterocycles. The lowest BCUT2D eigenvalue weighted by Crippen LogP contribution is -2.44. The quantitative estimate of drug-likeness (QED) is 0.929. The van der Waals surface area contributed by atoms with Crippen LogP contribution in [0.1, 0.15) is 44.6 Å². The standard InChI is InChI=1S/C19H27NO3/c1-14(21)15-8-11-20(13-15)18(22)19(9-3-4-10-19)16-6-5-7-17(12-16)23-2/h5-7,12,14-15,21H,3-4,8-11,13H2,1-2H3/t14-,15+/m0/s1. The van der Waals surface area contributed by atoms with Gasteiger partial charge in [-0.15, -0.1) is 0 Å². The summed E-state index contributed by atoms with van der Waals surface area (Å²) in [5, 5.41) is 9.81. The first-order valence-electron chi connectivity index (χ1n) is 8.69. The predicted octanol–water partition coefficient (Wildman–Crippen LogP) is 2.74. The molecule has 2 aliphatic rings. The van der Waals surface area contributed by atoms with E-state index < -0.39 is 5.41 Å². The first kappa shape index (κ1) is 16.3. The van der Waals surface area contributed by atoms with Gasteiger partial charge in [0.05, 0.1) is 18.6 Å². The fourth-order valence-electron chi connectivity index (χ4n) is 4.19. The number of carbonyl (C=O) groups excluding carboxylic acids is 1. The Bertz CT molecular complexity index is 563. The molecule has 1 aromatic carbocycles. The van der Waals surface area contributed by atoms with Gasteiger partial charge in [-0.2, -0.15) is 0 Å². The van der Waals surface area contributed by atoms with E-state index in [-0.39, 0.29) is 17.9 Å². The molecule has 4 heteroatoms. The SMILES string of the molecule is COc1cccc(C2(C(=O)N3CC[C@@H]([C@H](C)O)C3)CCCC2)c1. The second kappa shape index (κ2) is 6.52. The number of aliphatic hydroxyl groups is 1.